The molecule has 126 valence electrons. The Balaban J connectivity index is 2.41. The number of methoxy groups -OCH3 is 2. The molecule has 0 aromatic heterocycles. The highest BCUT2D eigenvalue weighted by Crippen LogP contribution is 2.31. The molecule has 6 nitrogen and oxygen atoms in total. The Bertz CT molecular complexity index is 720. The fraction of sp³-hybridized carbons (Fsp3) is 0.222. The standard InChI is InChI=1S/C18H19NO5/c1-4-24-14-9-8-12(11-20)10-13(14)19-18(21)17-15(22-2)6-5-7-16(17)23-3/h5-11H,4H2,1-3H3,(H,19,21). The summed E-state index contributed by atoms with van der Waals surface area (Å²) in [6.07, 6.45) is 0.703. The van der Waals surface area contributed by atoms with Gasteiger partial charge in [0.15, 0.2) is 0 Å². The van der Waals surface area contributed by atoms with Crippen LogP contribution in [0.25, 0.3) is 0 Å². The number of ether oxygens (including phenoxy) is 3. The molecule has 2 aromatic carbocycles. The number of anilines is 1. The number of benzene rings is 2. The van der Waals surface area contributed by atoms with Gasteiger partial charge in [0.2, 0.25) is 0 Å². The number of hydrogen-bond acceptors (Lipinski definition) is 5. The van der Waals surface area contributed by atoms with Crippen LogP contribution in [-0.2, 0) is 0 Å². The summed E-state index contributed by atoms with van der Waals surface area (Å²) in [5.41, 5.74) is 1.10. The predicted octanol–water partition coefficient (Wildman–Crippen LogP) is 3.17. The highest BCUT2D eigenvalue weighted by Gasteiger charge is 2.19. The number of carbonyl (C=O) groups is 2. The van der Waals surface area contributed by atoms with Gasteiger partial charge < -0.3 is 19.5 Å². The lowest BCUT2D eigenvalue weighted by Crippen LogP contribution is -2.15. The number of amides is 1. The summed E-state index contributed by atoms with van der Waals surface area (Å²) in [7, 11) is 2.95. The lowest BCUT2D eigenvalue weighted by molar-refractivity contribution is 0.101. The first-order chi connectivity index (χ1) is 11.6. The molecule has 1 N–H and O–H groups in total. The van der Waals surface area contributed by atoms with Crippen molar-refractivity contribution in [3.63, 3.8) is 0 Å². The maximum Gasteiger partial charge on any atom is 0.263 e. The zero-order valence-corrected chi connectivity index (χ0v) is 13.8. The van der Waals surface area contributed by atoms with Crippen LogP contribution < -0.4 is 19.5 Å². The molecule has 0 heterocycles. The van der Waals surface area contributed by atoms with Gasteiger partial charge in [0, 0.05) is 5.56 Å². The Morgan fingerprint density at radius 1 is 1.08 bits per heavy atom. The quantitative estimate of drug-likeness (QED) is 0.790. The second-order valence-corrected chi connectivity index (χ2v) is 4.80. The van der Waals surface area contributed by atoms with Gasteiger partial charge in [0.05, 0.1) is 26.5 Å². The van der Waals surface area contributed by atoms with Crippen LogP contribution in [0.5, 0.6) is 17.2 Å². The Labute approximate surface area is 140 Å². The van der Waals surface area contributed by atoms with Crippen molar-refractivity contribution in [1.29, 1.82) is 0 Å². The van der Waals surface area contributed by atoms with Crippen molar-refractivity contribution >= 4 is 17.9 Å². The monoisotopic (exact) mass is 329 g/mol. The van der Waals surface area contributed by atoms with Crippen molar-refractivity contribution in [3.8, 4) is 17.2 Å². The van der Waals surface area contributed by atoms with Crippen LogP contribution in [0.2, 0.25) is 0 Å². The molecule has 0 bridgehead atoms. The van der Waals surface area contributed by atoms with Crippen molar-refractivity contribution < 1.29 is 23.8 Å². The molecule has 0 aliphatic rings. The van der Waals surface area contributed by atoms with E-state index in [-0.39, 0.29) is 5.56 Å². The normalized spacial score (nSPS) is 9.96. The van der Waals surface area contributed by atoms with E-state index in [9.17, 15) is 9.59 Å². The van der Waals surface area contributed by atoms with Crippen molar-refractivity contribution in [2.75, 3.05) is 26.1 Å². The second kappa shape index (κ2) is 8.01. The van der Waals surface area contributed by atoms with E-state index in [1.165, 1.54) is 14.2 Å². The van der Waals surface area contributed by atoms with Gasteiger partial charge in [-0.2, -0.15) is 0 Å². The third-order valence-electron chi connectivity index (χ3n) is 3.34. The minimum absolute atomic E-state index is 0.265. The molecule has 0 spiro atoms. The molecule has 2 aromatic rings. The summed E-state index contributed by atoms with van der Waals surface area (Å²) in [5.74, 6) is 0.825. The van der Waals surface area contributed by atoms with Gasteiger partial charge in [0.25, 0.3) is 5.91 Å². The Morgan fingerprint density at radius 2 is 1.75 bits per heavy atom. The average molecular weight is 329 g/mol. The molecule has 0 aliphatic carbocycles. The number of hydrogen-bond donors (Lipinski definition) is 1. The zero-order valence-electron chi connectivity index (χ0n) is 13.8. The van der Waals surface area contributed by atoms with Gasteiger partial charge in [-0.05, 0) is 37.3 Å². The molecule has 6 heteroatoms. The van der Waals surface area contributed by atoms with Gasteiger partial charge in [-0.15, -0.1) is 0 Å². The molecule has 1 amide bonds. The van der Waals surface area contributed by atoms with E-state index in [0.29, 0.717) is 41.4 Å². The van der Waals surface area contributed by atoms with Crippen LogP contribution >= 0.6 is 0 Å². The molecule has 0 radical (unpaired) electrons. The molecule has 0 fully saturated rings. The van der Waals surface area contributed by atoms with E-state index >= 15 is 0 Å². The van der Waals surface area contributed by atoms with Crippen molar-refractivity contribution in [2.24, 2.45) is 0 Å². The van der Waals surface area contributed by atoms with E-state index in [4.69, 9.17) is 14.2 Å². The first-order valence-corrected chi connectivity index (χ1v) is 7.39. The Morgan fingerprint density at radius 3 is 2.29 bits per heavy atom. The van der Waals surface area contributed by atoms with E-state index in [0.717, 1.165) is 0 Å². The zero-order chi connectivity index (χ0) is 17.5. The maximum atomic E-state index is 12.7. The molecule has 0 unspecified atom stereocenters. The fourth-order valence-corrected chi connectivity index (χ4v) is 2.26. The summed E-state index contributed by atoms with van der Waals surface area (Å²) in [4.78, 5) is 23.7. The molecular formula is C18H19NO5. The average Bonchev–Trinajstić information content (AvgIpc) is 2.62. The van der Waals surface area contributed by atoms with E-state index in [1.807, 2.05) is 6.92 Å². The summed E-state index contributed by atoms with van der Waals surface area (Å²) in [6, 6.07) is 9.88. The molecule has 0 atom stereocenters. The minimum Gasteiger partial charge on any atom is -0.496 e. The molecule has 0 saturated carbocycles. The topological polar surface area (TPSA) is 73.9 Å². The van der Waals surface area contributed by atoms with Gasteiger partial charge in [0.1, 0.15) is 29.1 Å². The van der Waals surface area contributed by atoms with Crippen LogP contribution in [0.3, 0.4) is 0 Å². The predicted molar refractivity (Wildman–Crippen MR) is 90.5 cm³/mol. The lowest BCUT2D eigenvalue weighted by Gasteiger charge is -2.15. The van der Waals surface area contributed by atoms with Crippen LogP contribution in [0.4, 0.5) is 5.69 Å². The smallest absolute Gasteiger partial charge is 0.263 e. The largest absolute Gasteiger partial charge is 0.496 e. The minimum atomic E-state index is -0.423. The third kappa shape index (κ3) is 3.65. The summed E-state index contributed by atoms with van der Waals surface area (Å²) < 4.78 is 16.0. The fourth-order valence-electron chi connectivity index (χ4n) is 2.26. The summed E-state index contributed by atoms with van der Waals surface area (Å²) >= 11 is 0. The van der Waals surface area contributed by atoms with Crippen LogP contribution in [0.15, 0.2) is 36.4 Å². The van der Waals surface area contributed by atoms with Crippen molar-refractivity contribution in [1.82, 2.24) is 0 Å². The van der Waals surface area contributed by atoms with Crippen LogP contribution in [-0.4, -0.2) is 33.0 Å². The molecule has 24 heavy (non-hydrogen) atoms. The number of nitrogens with one attached hydrogen (secondary N) is 1. The van der Waals surface area contributed by atoms with E-state index < -0.39 is 5.91 Å². The van der Waals surface area contributed by atoms with Crippen molar-refractivity contribution in [3.05, 3.63) is 47.5 Å². The number of rotatable bonds is 7. The first-order valence-electron chi connectivity index (χ1n) is 7.39. The summed E-state index contributed by atoms with van der Waals surface area (Å²) in [5, 5.41) is 2.75. The van der Waals surface area contributed by atoms with Gasteiger partial charge in [-0.3, -0.25) is 9.59 Å². The molecule has 0 saturated heterocycles. The van der Waals surface area contributed by atoms with Gasteiger partial charge >= 0.3 is 0 Å². The maximum absolute atomic E-state index is 12.7. The number of aldehydes is 1. The van der Waals surface area contributed by atoms with Crippen LogP contribution in [0, 0.1) is 0 Å². The van der Waals surface area contributed by atoms with Gasteiger partial charge in [-0.25, -0.2) is 0 Å². The van der Waals surface area contributed by atoms with Crippen molar-refractivity contribution in [2.45, 2.75) is 6.92 Å². The third-order valence-corrected chi connectivity index (χ3v) is 3.34. The van der Waals surface area contributed by atoms with Gasteiger partial charge in [-0.1, -0.05) is 6.07 Å². The highest BCUT2D eigenvalue weighted by molar-refractivity contribution is 6.09. The molecule has 2 rings (SSSR count). The Kier molecular flexibility index (Phi) is 5.78. The SMILES string of the molecule is CCOc1ccc(C=O)cc1NC(=O)c1c(OC)cccc1OC. The number of carbonyl (C=O) groups excluding carboxylic acids is 2. The second-order valence-electron chi connectivity index (χ2n) is 4.80. The van der Waals surface area contributed by atoms with Crippen LogP contribution in [0.1, 0.15) is 27.6 Å². The Hall–Kier alpha value is -3.02. The molecular weight excluding hydrogens is 310 g/mol. The first kappa shape index (κ1) is 17.3. The summed E-state index contributed by atoms with van der Waals surface area (Å²) in [6.45, 7) is 2.27. The molecule has 0 aliphatic heterocycles. The van der Waals surface area contributed by atoms with E-state index in [2.05, 4.69) is 5.32 Å². The highest BCUT2D eigenvalue weighted by atomic mass is 16.5. The van der Waals surface area contributed by atoms with E-state index in [1.54, 1.807) is 36.4 Å². The lowest BCUT2D eigenvalue weighted by atomic mass is 10.1.